The number of carbonyl (C=O) groups excluding carboxylic acids is 2. The number of aromatic nitrogens is 1. The van der Waals surface area contributed by atoms with Gasteiger partial charge >= 0.3 is 0 Å². The Morgan fingerprint density at radius 3 is 2.56 bits per heavy atom. The van der Waals surface area contributed by atoms with Crippen LogP contribution in [0.1, 0.15) is 75.4 Å². The fourth-order valence-corrected chi connectivity index (χ4v) is 6.03. The highest BCUT2D eigenvalue weighted by molar-refractivity contribution is 6.08. The van der Waals surface area contributed by atoms with Gasteiger partial charge in [-0.3, -0.25) is 14.6 Å². The van der Waals surface area contributed by atoms with E-state index in [0.717, 1.165) is 47.2 Å². The maximum absolute atomic E-state index is 13.9. The molecule has 2 aliphatic carbocycles. The number of primary amides is 1. The minimum absolute atomic E-state index is 0.218. The number of nitrogens with zero attached hydrogens (tertiary/aromatic N) is 1. The van der Waals surface area contributed by atoms with Crippen molar-refractivity contribution in [3.63, 3.8) is 0 Å². The molecule has 5 aromatic rings. The summed E-state index contributed by atoms with van der Waals surface area (Å²) in [7, 11) is 0. The van der Waals surface area contributed by atoms with Crippen LogP contribution in [-0.4, -0.2) is 23.4 Å². The van der Waals surface area contributed by atoms with Gasteiger partial charge in [0, 0.05) is 18.0 Å². The van der Waals surface area contributed by atoms with Gasteiger partial charge in [-0.15, -0.1) is 0 Å². The third-order valence-corrected chi connectivity index (χ3v) is 8.91. The molecule has 45 heavy (non-hydrogen) atoms. The average Bonchev–Trinajstić information content (AvgIpc) is 3.97. The fourth-order valence-electron chi connectivity index (χ4n) is 6.03. The predicted molar refractivity (Wildman–Crippen MR) is 170 cm³/mol. The highest BCUT2D eigenvalue weighted by Gasteiger charge is 2.47. The molecule has 2 fully saturated rings. The van der Waals surface area contributed by atoms with E-state index in [0.29, 0.717) is 40.6 Å². The van der Waals surface area contributed by atoms with Crippen molar-refractivity contribution in [1.82, 2.24) is 10.3 Å². The number of hydrogen-bond acceptors (Lipinski definition) is 5. The van der Waals surface area contributed by atoms with Crippen molar-refractivity contribution in [2.75, 3.05) is 6.61 Å². The Labute approximate surface area is 260 Å². The first-order valence-corrected chi connectivity index (χ1v) is 15.4. The molecule has 7 nitrogen and oxygen atoms in total. The number of nitrogens with two attached hydrogens (primary N) is 1. The number of fused-ring (bicyclic) bond motifs is 1. The van der Waals surface area contributed by atoms with Gasteiger partial charge in [0.15, 0.2) is 0 Å². The number of nitrogens with one attached hydrogen (secondary N) is 1. The number of benzene rings is 3. The molecule has 3 aromatic carbocycles. The van der Waals surface area contributed by atoms with Crippen molar-refractivity contribution in [1.29, 1.82) is 0 Å². The van der Waals surface area contributed by atoms with Gasteiger partial charge in [0.05, 0.1) is 29.0 Å². The zero-order valence-electron chi connectivity index (χ0n) is 25.1. The number of amides is 2. The van der Waals surface area contributed by atoms with E-state index in [1.54, 1.807) is 18.3 Å². The number of halogens is 1. The summed E-state index contributed by atoms with van der Waals surface area (Å²) in [6.45, 7) is 2.53. The second-order valence-electron chi connectivity index (χ2n) is 12.3. The molecule has 228 valence electrons. The molecule has 0 spiro atoms. The Morgan fingerprint density at radius 2 is 1.87 bits per heavy atom. The average molecular weight is 604 g/mol. The van der Waals surface area contributed by atoms with Gasteiger partial charge in [-0.25, -0.2) is 4.39 Å². The predicted octanol–water partition coefficient (Wildman–Crippen LogP) is 7.23. The van der Waals surface area contributed by atoms with Crippen molar-refractivity contribution in [3.8, 4) is 16.9 Å². The SMILES string of the molecule is Cc1cc(OCCC2CC2)c(C(=O)NC2(c3ccccn3)CC2)cc1-c1ccc2oc(Cc3ccc(F)cc3)c(C(N)=O)c2c1. The number of aryl methyl sites for hydroxylation is 1. The summed E-state index contributed by atoms with van der Waals surface area (Å²) in [6, 6.07) is 21.2. The Kier molecular flexibility index (Phi) is 7.36. The van der Waals surface area contributed by atoms with E-state index in [1.165, 1.54) is 25.0 Å². The molecule has 0 radical (unpaired) electrons. The number of carbonyl (C=O) groups is 2. The van der Waals surface area contributed by atoms with Crippen molar-refractivity contribution in [3.05, 3.63) is 119 Å². The second kappa shape index (κ2) is 11.5. The maximum Gasteiger partial charge on any atom is 0.255 e. The smallest absolute Gasteiger partial charge is 0.255 e. The van der Waals surface area contributed by atoms with Crippen molar-refractivity contribution in [2.45, 2.75) is 51.0 Å². The van der Waals surface area contributed by atoms with Crippen LogP contribution in [0.4, 0.5) is 4.39 Å². The van der Waals surface area contributed by atoms with E-state index in [4.69, 9.17) is 14.9 Å². The summed E-state index contributed by atoms with van der Waals surface area (Å²) in [5.41, 5.74) is 10.8. The molecular formula is C37H34FN3O4. The van der Waals surface area contributed by atoms with E-state index in [2.05, 4.69) is 10.3 Å². The summed E-state index contributed by atoms with van der Waals surface area (Å²) in [6.07, 6.45) is 7.10. The Balaban J connectivity index is 1.25. The molecule has 2 heterocycles. The van der Waals surface area contributed by atoms with Crippen LogP contribution in [0.15, 0.2) is 83.4 Å². The first-order valence-electron chi connectivity index (χ1n) is 15.4. The Hall–Kier alpha value is -4.98. The highest BCUT2D eigenvalue weighted by atomic mass is 19.1. The zero-order chi connectivity index (χ0) is 31.1. The van der Waals surface area contributed by atoms with Crippen LogP contribution in [0.25, 0.3) is 22.1 Å². The third-order valence-electron chi connectivity index (χ3n) is 8.91. The molecule has 2 aliphatic rings. The van der Waals surface area contributed by atoms with Gasteiger partial charge in [0.25, 0.3) is 11.8 Å². The number of ether oxygens (including phenoxy) is 1. The first kappa shape index (κ1) is 28.8. The van der Waals surface area contributed by atoms with E-state index in [9.17, 15) is 14.0 Å². The fraction of sp³-hybridized carbons (Fsp3) is 0.270. The van der Waals surface area contributed by atoms with Crippen LogP contribution in [0.5, 0.6) is 5.75 Å². The van der Waals surface area contributed by atoms with E-state index in [-0.39, 0.29) is 23.7 Å². The van der Waals surface area contributed by atoms with Crippen LogP contribution in [-0.2, 0) is 12.0 Å². The largest absolute Gasteiger partial charge is 0.493 e. The monoisotopic (exact) mass is 603 g/mol. The third kappa shape index (κ3) is 5.92. The summed E-state index contributed by atoms with van der Waals surface area (Å²) < 4.78 is 25.8. The van der Waals surface area contributed by atoms with Crippen LogP contribution in [0.2, 0.25) is 0 Å². The van der Waals surface area contributed by atoms with Crippen LogP contribution < -0.4 is 15.8 Å². The standard InChI is InChI=1S/C37H34FN3O4/c1-22-18-31(44-17-13-23-5-6-23)29(36(43)41-37(14-15-37)33-4-2-3-16-40-33)21-27(22)25-9-12-30-28(20-25)34(35(39)42)32(45-30)19-24-7-10-26(38)11-8-24/h2-4,7-12,16,18,20-21,23H,5-6,13-15,17,19H2,1H3,(H2,39,42)(H,41,43). The van der Waals surface area contributed by atoms with Crippen LogP contribution in [0, 0.1) is 18.7 Å². The van der Waals surface area contributed by atoms with Gasteiger partial charge < -0.3 is 20.2 Å². The van der Waals surface area contributed by atoms with Gasteiger partial charge in [-0.2, -0.15) is 0 Å². The molecule has 0 atom stereocenters. The minimum atomic E-state index is -0.608. The van der Waals surface area contributed by atoms with Crippen molar-refractivity contribution < 1.29 is 23.1 Å². The van der Waals surface area contributed by atoms with Gasteiger partial charge in [-0.05, 0) is 103 Å². The van der Waals surface area contributed by atoms with E-state index in [1.807, 2.05) is 55.5 Å². The van der Waals surface area contributed by atoms with Gasteiger partial charge in [0.2, 0.25) is 0 Å². The minimum Gasteiger partial charge on any atom is -0.493 e. The molecular weight excluding hydrogens is 569 g/mol. The normalized spacial score (nSPS) is 15.2. The molecule has 0 aliphatic heterocycles. The van der Waals surface area contributed by atoms with E-state index < -0.39 is 11.4 Å². The first-order chi connectivity index (χ1) is 21.8. The maximum atomic E-state index is 13.9. The molecule has 2 aromatic heterocycles. The van der Waals surface area contributed by atoms with Crippen LogP contribution >= 0.6 is 0 Å². The quantitative estimate of drug-likeness (QED) is 0.166. The van der Waals surface area contributed by atoms with E-state index >= 15 is 0 Å². The molecule has 0 bridgehead atoms. The number of hydrogen-bond donors (Lipinski definition) is 2. The van der Waals surface area contributed by atoms with Crippen molar-refractivity contribution >= 4 is 22.8 Å². The summed E-state index contributed by atoms with van der Waals surface area (Å²) in [4.78, 5) is 31.1. The topological polar surface area (TPSA) is 107 Å². The summed E-state index contributed by atoms with van der Waals surface area (Å²) >= 11 is 0. The molecule has 8 heteroatoms. The summed E-state index contributed by atoms with van der Waals surface area (Å²) in [5.74, 6) is 0.510. The lowest BCUT2D eigenvalue weighted by Crippen LogP contribution is -2.35. The van der Waals surface area contributed by atoms with Gasteiger partial charge in [-0.1, -0.05) is 37.1 Å². The molecule has 2 saturated carbocycles. The molecule has 7 rings (SSSR count). The lowest BCUT2D eigenvalue weighted by molar-refractivity contribution is 0.0924. The zero-order valence-corrected chi connectivity index (χ0v) is 25.1. The number of rotatable bonds is 11. The van der Waals surface area contributed by atoms with Crippen LogP contribution in [0.3, 0.4) is 0 Å². The molecule has 0 unspecified atom stereocenters. The molecule has 2 amide bonds. The second-order valence-corrected chi connectivity index (χ2v) is 12.3. The highest BCUT2D eigenvalue weighted by Crippen LogP contribution is 2.45. The summed E-state index contributed by atoms with van der Waals surface area (Å²) in [5, 5.41) is 3.84. The molecule has 0 saturated heterocycles. The number of furan rings is 1. The Morgan fingerprint density at radius 1 is 1.07 bits per heavy atom. The molecule has 3 N–H and O–H groups in total. The van der Waals surface area contributed by atoms with Gasteiger partial charge in [0.1, 0.15) is 22.9 Å². The lowest BCUT2D eigenvalue weighted by Gasteiger charge is -2.20. The lowest BCUT2D eigenvalue weighted by atomic mass is 9.95. The Bertz CT molecular complexity index is 1910. The van der Waals surface area contributed by atoms with Crippen molar-refractivity contribution in [2.24, 2.45) is 11.7 Å². The number of pyridine rings is 1.